The van der Waals surface area contributed by atoms with Gasteiger partial charge in [-0.25, -0.2) is 19.3 Å². The van der Waals surface area contributed by atoms with E-state index in [1.54, 1.807) is 28.9 Å². The molecule has 0 atom stereocenters. The number of halogens is 1. The highest BCUT2D eigenvalue weighted by Crippen LogP contribution is 2.47. The molecule has 3 saturated heterocycles. The highest BCUT2D eigenvalue weighted by Gasteiger charge is 2.43. The topological polar surface area (TPSA) is 283 Å². The molecule has 26 heteroatoms. The second kappa shape index (κ2) is 37.0. The van der Waals surface area contributed by atoms with Crippen molar-refractivity contribution in [2.75, 3.05) is 44.6 Å². The maximum atomic E-state index is 12.5. The molecule has 0 unspecified atom stereocenters. The molecule has 5 N–H and O–H groups in total. The zero-order valence-corrected chi connectivity index (χ0v) is 65.1. The van der Waals surface area contributed by atoms with Crippen LogP contribution >= 0.6 is 15.9 Å². The number of H-pyrrole nitrogens is 2. The molecule has 112 heavy (non-hydrogen) atoms. The number of fused-ring (bicyclic) bond motifs is 3. The number of nitrogens with zero attached hydrogens (tertiary/aromatic N) is 10. The van der Waals surface area contributed by atoms with E-state index in [0.717, 1.165) is 105 Å². The summed E-state index contributed by atoms with van der Waals surface area (Å²) < 4.78 is 35.1. The van der Waals surface area contributed by atoms with E-state index in [1.807, 2.05) is 133 Å². The van der Waals surface area contributed by atoms with Gasteiger partial charge in [-0.2, -0.15) is 10.4 Å². The van der Waals surface area contributed by atoms with Crippen molar-refractivity contribution in [1.82, 2.24) is 56.4 Å². The lowest BCUT2D eigenvalue weighted by Crippen LogP contribution is -2.50. The van der Waals surface area contributed by atoms with Crippen molar-refractivity contribution < 1.29 is 52.9 Å². The largest absolute Gasteiger partial charge is 0.488 e. The number of piperidine rings is 3. The minimum atomic E-state index is -1.45. The number of alkyl halides is 1. The molecule has 2 aromatic heterocycles. The standard InChI is InChI=1S/C25H27N5O3.C25H26N2O3.C20H19N5O.C9H9BrO2.C7H6BNO2/c1-24(2,3)33-23(31)30-14-12-25(13-15-30)16-20(19-6-4-5-7-21(19)32-25)17-8-10-18(11-9-17)22-26-28-29-27-22;1-24(2,3)30-23(28)27-15-13-25(14-16-27)17-21(18-9-11-19(26-4)12-10-18)20-7-5-6-8-22(20)29-25;1-2-4-18-16(3-1)17(13-20(26-18)9-11-21-12-10-20)14-5-7-15(8-6-14)19-22-24-25-23-19;1-2-3-4-8-12-9(11)6-5-7-10;1-9-7-4-2-6(3-5-7)8(10)11/h4-11,16H,12-15H2,1-3H3,(H,26,27,28,29);5-12,17H,13-16H2,1-3H3;1-8,13,21H,9-12H2,(H,22,23,24,25);5-7H2,1H3;2-5,10-11H. The van der Waals surface area contributed by atoms with Crippen molar-refractivity contribution in [2.24, 2.45) is 0 Å². The van der Waals surface area contributed by atoms with Gasteiger partial charge in [-0.15, -0.1) is 20.4 Å². The molecule has 24 nitrogen and oxygen atoms in total. The molecule has 2 amide bonds. The molecule has 3 fully saturated rings. The van der Waals surface area contributed by atoms with Gasteiger partial charge in [0.25, 0.3) is 0 Å². The first-order chi connectivity index (χ1) is 54.0. The number of hydrogen-bond donors (Lipinski definition) is 5. The Balaban J connectivity index is 0.000000146. The van der Waals surface area contributed by atoms with Crippen LogP contribution in [0.4, 0.5) is 21.0 Å². The number of hydrogen-bond acceptors (Lipinski definition) is 18. The molecule has 0 bridgehead atoms. The molecule has 7 aromatic carbocycles. The number of tetrazole rings is 2. The normalized spacial score (nSPS) is 15.6. The van der Waals surface area contributed by atoms with Crippen LogP contribution in [0.5, 0.6) is 17.2 Å². The molecule has 6 aliphatic heterocycles. The third-order valence-electron chi connectivity index (χ3n) is 18.8. The van der Waals surface area contributed by atoms with Crippen LogP contribution in [0.3, 0.4) is 0 Å². The van der Waals surface area contributed by atoms with Gasteiger partial charge in [-0.3, -0.25) is 4.79 Å². The molecule has 8 heterocycles. The average molecular weight is 1570 g/mol. The van der Waals surface area contributed by atoms with E-state index in [0.29, 0.717) is 86.8 Å². The van der Waals surface area contributed by atoms with Crippen LogP contribution in [0, 0.1) is 37.0 Å². The quantitative estimate of drug-likeness (QED) is 0.0224. The minimum absolute atomic E-state index is 0.221. The molecule has 0 saturated carbocycles. The number of rotatable bonds is 9. The summed E-state index contributed by atoms with van der Waals surface area (Å²) in [5, 5.41) is 50.0. The highest BCUT2D eigenvalue weighted by atomic mass is 79.9. The second-order valence-corrected chi connectivity index (χ2v) is 29.9. The lowest BCUT2D eigenvalue weighted by atomic mass is 9.80. The molecule has 572 valence electrons. The molecule has 15 rings (SSSR count). The Morgan fingerprint density at radius 1 is 0.536 bits per heavy atom. The smallest absolute Gasteiger partial charge is 0.482 e. The highest BCUT2D eigenvalue weighted by molar-refractivity contribution is 9.09. The molecule has 9 aromatic rings. The van der Waals surface area contributed by atoms with E-state index in [2.05, 4.69) is 174 Å². The number of aromatic amines is 2. The van der Waals surface area contributed by atoms with Crippen molar-refractivity contribution in [2.45, 2.75) is 128 Å². The lowest BCUT2D eigenvalue weighted by Gasteiger charge is -2.43. The van der Waals surface area contributed by atoms with Crippen LogP contribution in [0.1, 0.15) is 133 Å². The zero-order valence-electron chi connectivity index (χ0n) is 63.5. The van der Waals surface area contributed by atoms with Gasteiger partial charge < -0.3 is 53.6 Å². The van der Waals surface area contributed by atoms with E-state index < -0.39 is 29.5 Å². The Bertz CT molecular complexity index is 5040. The summed E-state index contributed by atoms with van der Waals surface area (Å²) in [6.07, 6.45) is 14.3. The van der Waals surface area contributed by atoms with Gasteiger partial charge in [-0.05, 0) is 160 Å². The number of para-hydroxylation sites is 3. The molecular weight excluding hydrogens is 1480 g/mol. The van der Waals surface area contributed by atoms with Gasteiger partial charge in [0.1, 0.15) is 51.4 Å². The fourth-order valence-corrected chi connectivity index (χ4v) is 13.5. The molecule has 0 aliphatic carbocycles. The number of ether oxygens (including phenoxy) is 6. The van der Waals surface area contributed by atoms with Gasteiger partial charge in [0, 0.05) is 110 Å². The number of carbonyl (C=O) groups excluding carboxylic acids is 3. The Hall–Kier alpha value is -12.2. The van der Waals surface area contributed by atoms with Crippen molar-refractivity contribution >= 4 is 74.8 Å². The molecule has 6 aliphatic rings. The van der Waals surface area contributed by atoms with Crippen LogP contribution in [0.15, 0.2) is 188 Å². The summed E-state index contributed by atoms with van der Waals surface area (Å²) in [5.74, 6) is 11.0. The Morgan fingerprint density at radius 3 is 1.25 bits per heavy atom. The summed E-state index contributed by atoms with van der Waals surface area (Å²) in [6, 6.07) is 54.7. The number of likely N-dealkylation sites (tertiary alicyclic amines) is 2. The van der Waals surface area contributed by atoms with E-state index in [4.69, 9.17) is 46.9 Å². The third kappa shape index (κ3) is 21.4. The number of aromatic nitrogens is 8. The monoisotopic (exact) mass is 1570 g/mol. The SMILES string of the molecule is C1=C(c2ccc(-c3nn[nH]n3)cc2)c2ccccc2OC12CCNCC2.CC#CC#COC(=O)CCCBr.CC(C)(C)OC(=O)N1CCC2(C=C(c3ccc(-c4nn[nH]n4)cc3)c3ccccc3O2)CC1.[C-]#[N+]c1ccc(B(O)O)cc1.[C-]#[N+]c1ccc(C2=CC3(CCN(C(=O)OC(C)(C)C)CC3)Oc3ccccc32)cc1. The Kier molecular flexibility index (Phi) is 26.7. The second-order valence-electron chi connectivity index (χ2n) is 29.1. The first-order valence-corrected chi connectivity index (χ1v) is 38.0. The molecule has 3 spiro atoms. The molecule has 0 radical (unpaired) electrons. The van der Waals surface area contributed by atoms with Crippen LogP contribution in [0.25, 0.3) is 49.2 Å². The van der Waals surface area contributed by atoms with Crippen LogP contribution in [-0.4, -0.2) is 159 Å². The predicted molar refractivity (Wildman–Crippen MR) is 432 cm³/mol. The van der Waals surface area contributed by atoms with E-state index >= 15 is 0 Å². The number of benzene rings is 7. The van der Waals surface area contributed by atoms with Gasteiger partial charge in [0.05, 0.1) is 13.1 Å². The number of carbonyl (C=O) groups is 3. The predicted octanol–water partition coefficient (Wildman–Crippen LogP) is 14.7. The first-order valence-electron chi connectivity index (χ1n) is 36.9. The Morgan fingerprint density at radius 2 is 0.902 bits per heavy atom. The van der Waals surface area contributed by atoms with Gasteiger partial charge >= 0.3 is 25.3 Å². The summed E-state index contributed by atoms with van der Waals surface area (Å²) in [7, 11) is -1.45. The fraction of sp³-hybridized carbons (Fsp3) is 0.314. The maximum Gasteiger partial charge on any atom is 0.488 e. The van der Waals surface area contributed by atoms with Crippen molar-refractivity contribution in [1.29, 1.82) is 0 Å². The van der Waals surface area contributed by atoms with Crippen molar-refractivity contribution in [3.05, 3.63) is 244 Å². The summed E-state index contributed by atoms with van der Waals surface area (Å²) in [4.78, 5) is 45.9. The summed E-state index contributed by atoms with van der Waals surface area (Å²) >= 11 is 3.20. The fourth-order valence-electron chi connectivity index (χ4n) is 13.2. The van der Waals surface area contributed by atoms with Crippen LogP contribution < -0.4 is 25.0 Å². The average Bonchev–Trinajstić information content (AvgIpc) is 1.07. The van der Waals surface area contributed by atoms with Gasteiger partial charge in [0.15, 0.2) is 11.4 Å². The number of esters is 1. The van der Waals surface area contributed by atoms with E-state index in [1.165, 1.54) is 23.3 Å². The third-order valence-corrected chi connectivity index (χ3v) is 19.4. The summed E-state index contributed by atoms with van der Waals surface area (Å²) in [5.41, 5.74) is 11.3. The Labute approximate surface area is 660 Å². The van der Waals surface area contributed by atoms with Crippen LogP contribution in [-0.2, 0) is 19.0 Å². The minimum Gasteiger partial charge on any atom is -0.482 e. The number of amides is 2. The summed E-state index contributed by atoms with van der Waals surface area (Å²) in [6.45, 7) is 31.0. The van der Waals surface area contributed by atoms with E-state index in [9.17, 15) is 14.4 Å². The molecular formula is C86H87BBrN13O11. The van der Waals surface area contributed by atoms with Gasteiger partial charge in [-0.1, -0.05) is 174 Å². The van der Waals surface area contributed by atoms with Gasteiger partial charge in [0.2, 0.25) is 11.6 Å². The number of nitrogens with one attached hydrogen (secondary N) is 3. The van der Waals surface area contributed by atoms with Crippen molar-refractivity contribution in [3.63, 3.8) is 0 Å². The maximum absolute atomic E-state index is 12.5. The van der Waals surface area contributed by atoms with E-state index in [-0.39, 0.29) is 23.8 Å². The van der Waals surface area contributed by atoms with Crippen LogP contribution in [0.2, 0.25) is 0 Å². The van der Waals surface area contributed by atoms with Crippen molar-refractivity contribution in [3.8, 4) is 63.9 Å². The zero-order chi connectivity index (χ0) is 79.3. The lowest BCUT2D eigenvalue weighted by molar-refractivity contribution is -0.136. The first kappa shape index (κ1) is 80.8.